The molecule has 0 aliphatic heterocycles. The van der Waals surface area contributed by atoms with Gasteiger partial charge in [0, 0.05) is 18.6 Å². The van der Waals surface area contributed by atoms with Crippen molar-refractivity contribution in [3.05, 3.63) is 65.7 Å². The summed E-state index contributed by atoms with van der Waals surface area (Å²) in [7, 11) is 0. The van der Waals surface area contributed by atoms with E-state index in [1.807, 2.05) is 68.4 Å². The van der Waals surface area contributed by atoms with Crippen molar-refractivity contribution in [2.75, 3.05) is 19.8 Å². The summed E-state index contributed by atoms with van der Waals surface area (Å²) in [5.74, 6) is 0.386. The van der Waals surface area contributed by atoms with Gasteiger partial charge in [0.25, 0.3) is 0 Å². The normalized spacial score (nSPS) is 10.8. The average Bonchev–Trinajstić information content (AvgIpc) is 3.14. The molecule has 2 aromatic carbocycles. The van der Waals surface area contributed by atoms with Crippen LogP contribution < -0.4 is 4.74 Å². The van der Waals surface area contributed by atoms with Gasteiger partial charge in [-0.2, -0.15) is 9.67 Å². The molecule has 0 spiro atoms. The van der Waals surface area contributed by atoms with E-state index in [1.165, 1.54) is 4.68 Å². The summed E-state index contributed by atoms with van der Waals surface area (Å²) in [4.78, 5) is 17.4. The maximum Gasteiger partial charge on any atom is 0.336 e. The van der Waals surface area contributed by atoms with E-state index in [9.17, 15) is 4.79 Å². The van der Waals surface area contributed by atoms with Crippen LogP contribution in [0, 0.1) is 6.92 Å². The van der Waals surface area contributed by atoms with Gasteiger partial charge in [0.2, 0.25) is 5.91 Å². The fourth-order valence-electron chi connectivity index (χ4n) is 2.86. The lowest BCUT2D eigenvalue weighted by molar-refractivity contribution is 0.0882. The lowest BCUT2D eigenvalue weighted by Gasteiger charge is -2.07. The summed E-state index contributed by atoms with van der Waals surface area (Å²) in [6, 6.07) is 17.9. The van der Waals surface area contributed by atoms with E-state index < -0.39 is 0 Å². The highest BCUT2D eigenvalue weighted by Crippen LogP contribution is 2.24. The molecule has 0 amide bonds. The highest BCUT2D eigenvalue weighted by Gasteiger charge is 2.19. The molecule has 1 aromatic heterocycles. The first-order valence-electron chi connectivity index (χ1n) is 9.49. The van der Waals surface area contributed by atoms with Gasteiger partial charge in [-0.05, 0) is 31.4 Å². The molecule has 0 aliphatic rings. The number of carbonyl (C=O) groups is 1. The van der Waals surface area contributed by atoms with Crippen LogP contribution in [0.3, 0.4) is 0 Å². The van der Waals surface area contributed by atoms with E-state index in [0.717, 1.165) is 16.7 Å². The minimum atomic E-state index is -0.116. The van der Waals surface area contributed by atoms with Crippen LogP contribution in [-0.4, -0.2) is 40.5 Å². The van der Waals surface area contributed by atoms with Crippen LogP contribution in [0.4, 0.5) is 0 Å². The number of aromatic nitrogens is 3. The first-order chi connectivity index (χ1) is 13.7. The zero-order valence-electron chi connectivity index (χ0n) is 16.3. The predicted octanol–water partition coefficient (Wildman–Crippen LogP) is 3.94. The highest BCUT2D eigenvalue weighted by atomic mass is 16.5. The summed E-state index contributed by atoms with van der Waals surface area (Å²) in [6.07, 6.45) is 0.984. The highest BCUT2D eigenvalue weighted by molar-refractivity contribution is 5.83. The van der Waals surface area contributed by atoms with Crippen LogP contribution in [0.15, 0.2) is 54.6 Å². The fourth-order valence-corrected chi connectivity index (χ4v) is 2.86. The third kappa shape index (κ3) is 5.04. The Hall–Kier alpha value is -2.99. The Bertz CT molecular complexity index is 906. The largest absolute Gasteiger partial charge is 0.460 e. The van der Waals surface area contributed by atoms with Gasteiger partial charge in [-0.1, -0.05) is 54.6 Å². The molecule has 146 valence electrons. The van der Waals surface area contributed by atoms with E-state index in [4.69, 9.17) is 9.47 Å². The molecular formula is C22H25N3O3. The Morgan fingerprint density at radius 3 is 2.54 bits per heavy atom. The topological polar surface area (TPSA) is 66.2 Å². The van der Waals surface area contributed by atoms with Crippen molar-refractivity contribution in [3.8, 4) is 17.4 Å². The lowest BCUT2D eigenvalue weighted by Crippen LogP contribution is -2.15. The number of carbonyl (C=O) groups excluding carboxylic acids is 1. The minimum absolute atomic E-state index is 0.116. The van der Waals surface area contributed by atoms with E-state index >= 15 is 0 Å². The molecule has 3 aromatic rings. The summed E-state index contributed by atoms with van der Waals surface area (Å²) in [5.41, 5.74) is 3.00. The number of rotatable bonds is 9. The number of benzene rings is 2. The SMILES string of the molecule is CCOCCOc1nc(-c2ccccc2C)n(C(=O)CCc2ccccc2)n1. The van der Waals surface area contributed by atoms with Crippen LogP contribution in [0.25, 0.3) is 11.4 Å². The van der Waals surface area contributed by atoms with Crippen molar-refractivity contribution in [1.82, 2.24) is 14.8 Å². The molecule has 0 unspecified atom stereocenters. The van der Waals surface area contributed by atoms with Gasteiger partial charge in [-0.25, -0.2) is 0 Å². The van der Waals surface area contributed by atoms with Gasteiger partial charge in [0.1, 0.15) is 6.61 Å². The van der Waals surface area contributed by atoms with Crippen molar-refractivity contribution in [3.63, 3.8) is 0 Å². The maximum atomic E-state index is 12.9. The Kier molecular flexibility index (Phi) is 6.92. The molecular weight excluding hydrogens is 354 g/mol. The van der Waals surface area contributed by atoms with Gasteiger partial charge >= 0.3 is 6.01 Å². The van der Waals surface area contributed by atoms with Gasteiger partial charge in [0.15, 0.2) is 5.82 Å². The monoisotopic (exact) mass is 379 g/mol. The summed E-state index contributed by atoms with van der Waals surface area (Å²) >= 11 is 0. The van der Waals surface area contributed by atoms with E-state index in [-0.39, 0.29) is 11.9 Å². The third-order valence-electron chi connectivity index (χ3n) is 4.34. The molecule has 6 nitrogen and oxygen atoms in total. The molecule has 0 atom stereocenters. The Morgan fingerprint density at radius 2 is 1.79 bits per heavy atom. The fraction of sp³-hybridized carbons (Fsp3) is 0.318. The zero-order chi connectivity index (χ0) is 19.8. The zero-order valence-corrected chi connectivity index (χ0v) is 16.3. The molecule has 0 aliphatic carbocycles. The summed E-state index contributed by atoms with van der Waals surface area (Å²) in [5, 5.41) is 4.32. The smallest absolute Gasteiger partial charge is 0.336 e. The molecule has 6 heteroatoms. The number of ether oxygens (including phenoxy) is 2. The van der Waals surface area contributed by atoms with Gasteiger partial charge in [-0.15, -0.1) is 5.10 Å². The van der Waals surface area contributed by atoms with Crippen molar-refractivity contribution < 1.29 is 14.3 Å². The maximum absolute atomic E-state index is 12.9. The Balaban J connectivity index is 1.81. The number of nitrogens with zero attached hydrogens (tertiary/aromatic N) is 3. The average molecular weight is 379 g/mol. The Labute approximate surface area is 165 Å². The van der Waals surface area contributed by atoms with Gasteiger partial charge in [0.05, 0.1) is 6.61 Å². The first kappa shape index (κ1) is 19.8. The van der Waals surface area contributed by atoms with E-state index in [1.54, 1.807) is 0 Å². The van der Waals surface area contributed by atoms with Crippen molar-refractivity contribution in [1.29, 1.82) is 0 Å². The lowest BCUT2D eigenvalue weighted by atomic mass is 10.1. The Morgan fingerprint density at radius 1 is 1.04 bits per heavy atom. The standard InChI is InChI=1S/C22H25N3O3/c1-3-27-15-16-28-22-23-21(19-12-8-7-9-17(19)2)25(24-22)20(26)14-13-18-10-5-4-6-11-18/h4-12H,3,13-16H2,1-2H3. The molecule has 0 saturated carbocycles. The van der Waals surface area contributed by atoms with Gasteiger partial charge in [-0.3, -0.25) is 4.79 Å². The number of hydrogen-bond acceptors (Lipinski definition) is 5. The van der Waals surface area contributed by atoms with Crippen LogP contribution in [-0.2, 0) is 11.2 Å². The van der Waals surface area contributed by atoms with E-state index in [2.05, 4.69) is 10.1 Å². The molecule has 1 heterocycles. The molecule has 0 fully saturated rings. The van der Waals surface area contributed by atoms with E-state index in [0.29, 0.717) is 38.5 Å². The summed E-state index contributed by atoms with van der Waals surface area (Å²) in [6.45, 7) is 5.32. The molecule has 0 saturated heterocycles. The number of hydrogen-bond donors (Lipinski definition) is 0. The second-order valence-electron chi connectivity index (χ2n) is 6.37. The van der Waals surface area contributed by atoms with Crippen molar-refractivity contribution in [2.45, 2.75) is 26.7 Å². The first-order valence-corrected chi connectivity index (χ1v) is 9.49. The third-order valence-corrected chi connectivity index (χ3v) is 4.34. The molecule has 0 N–H and O–H groups in total. The molecule has 0 bridgehead atoms. The second-order valence-corrected chi connectivity index (χ2v) is 6.37. The van der Waals surface area contributed by atoms with Crippen LogP contribution >= 0.6 is 0 Å². The minimum Gasteiger partial charge on any atom is -0.460 e. The van der Waals surface area contributed by atoms with Crippen LogP contribution in [0.1, 0.15) is 29.3 Å². The van der Waals surface area contributed by atoms with Crippen LogP contribution in [0.5, 0.6) is 6.01 Å². The van der Waals surface area contributed by atoms with Crippen molar-refractivity contribution in [2.24, 2.45) is 0 Å². The predicted molar refractivity (Wildman–Crippen MR) is 108 cm³/mol. The quantitative estimate of drug-likeness (QED) is 0.527. The van der Waals surface area contributed by atoms with Crippen LogP contribution in [0.2, 0.25) is 0 Å². The molecule has 0 radical (unpaired) electrons. The van der Waals surface area contributed by atoms with Gasteiger partial charge < -0.3 is 9.47 Å². The molecule has 3 rings (SSSR count). The molecule has 28 heavy (non-hydrogen) atoms. The summed E-state index contributed by atoms with van der Waals surface area (Å²) < 4.78 is 12.2. The van der Waals surface area contributed by atoms with Crippen molar-refractivity contribution >= 4 is 5.91 Å². The number of aryl methyl sites for hydroxylation is 2. The second kappa shape index (κ2) is 9.80.